The van der Waals surface area contributed by atoms with Crippen molar-refractivity contribution in [1.82, 2.24) is 4.90 Å². The number of hydrogen-bond acceptors (Lipinski definition) is 3. The van der Waals surface area contributed by atoms with Crippen LogP contribution < -0.4 is 0 Å². The molecule has 0 amide bonds. The van der Waals surface area contributed by atoms with Crippen molar-refractivity contribution >= 4 is 23.4 Å². The number of hydrogen-bond donors (Lipinski definition) is 1. The zero-order chi connectivity index (χ0) is 18.7. The Labute approximate surface area is 157 Å². The highest BCUT2D eigenvalue weighted by atomic mass is 35.5. The molecule has 2 aromatic rings. The molecule has 0 bridgehead atoms. The van der Waals surface area contributed by atoms with Gasteiger partial charge in [-0.25, -0.2) is 4.79 Å². The molecule has 0 aromatic heterocycles. The van der Waals surface area contributed by atoms with Gasteiger partial charge < -0.3 is 10.0 Å². The van der Waals surface area contributed by atoms with E-state index in [0.29, 0.717) is 16.2 Å². The summed E-state index contributed by atoms with van der Waals surface area (Å²) < 4.78 is 0. The number of benzene rings is 2. The third-order valence-corrected chi connectivity index (χ3v) is 4.66. The lowest BCUT2D eigenvalue weighted by molar-refractivity contribution is -0.140. The van der Waals surface area contributed by atoms with Gasteiger partial charge in [-0.2, -0.15) is 0 Å². The SMILES string of the molecule is CC(C(=O)O)N1C=CC(c2ccc(Cl)cc2)C(C(=O)c2ccccc2)=C1. The number of carboxylic acids is 1. The van der Waals surface area contributed by atoms with Crippen LogP contribution in [0.25, 0.3) is 0 Å². The van der Waals surface area contributed by atoms with E-state index in [9.17, 15) is 14.7 Å². The van der Waals surface area contributed by atoms with E-state index in [0.717, 1.165) is 5.56 Å². The first-order valence-electron chi connectivity index (χ1n) is 8.23. The van der Waals surface area contributed by atoms with E-state index < -0.39 is 12.0 Å². The Morgan fingerprint density at radius 2 is 1.73 bits per heavy atom. The van der Waals surface area contributed by atoms with Gasteiger partial charge in [0.25, 0.3) is 0 Å². The zero-order valence-electron chi connectivity index (χ0n) is 14.2. The Bertz CT molecular complexity index is 872. The van der Waals surface area contributed by atoms with Crippen LogP contribution in [0.15, 0.2) is 78.6 Å². The minimum Gasteiger partial charge on any atom is -0.480 e. The van der Waals surface area contributed by atoms with Crippen molar-refractivity contribution in [3.63, 3.8) is 0 Å². The van der Waals surface area contributed by atoms with Crippen LogP contribution >= 0.6 is 11.6 Å². The van der Waals surface area contributed by atoms with Crippen LogP contribution in [0.2, 0.25) is 5.02 Å². The molecule has 0 saturated heterocycles. The summed E-state index contributed by atoms with van der Waals surface area (Å²) in [5.41, 5.74) is 2.01. The minimum absolute atomic E-state index is 0.127. The largest absolute Gasteiger partial charge is 0.480 e. The van der Waals surface area contributed by atoms with Crippen molar-refractivity contribution in [2.24, 2.45) is 0 Å². The van der Waals surface area contributed by atoms with Gasteiger partial charge >= 0.3 is 5.97 Å². The molecule has 3 rings (SSSR count). The van der Waals surface area contributed by atoms with Crippen LogP contribution in [0.4, 0.5) is 0 Å². The van der Waals surface area contributed by atoms with Gasteiger partial charge in [-0.3, -0.25) is 4.79 Å². The second kappa shape index (κ2) is 7.58. The molecule has 1 N–H and O–H groups in total. The van der Waals surface area contributed by atoms with Crippen LogP contribution in [0.1, 0.15) is 28.8 Å². The molecule has 0 radical (unpaired) electrons. The van der Waals surface area contributed by atoms with E-state index in [-0.39, 0.29) is 11.7 Å². The quantitative estimate of drug-likeness (QED) is 0.791. The van der Waals surface area contributed by atoms with Crippen LogP contribution in [0.5, 0.6) is 0 Å². The number of Topliss-reactive ketones (excluding diaryl/α,β-unsaturated/α-hetero) is 1. The molecule has 1 heterocycles. The van der Waals surface area contributed by atoms with E-state index in [4.69, 9.17) is 11.6 Å². The fourth-order valence-corrected chi connectivity index (χ4v) is 2.98. The maximum atomic E-state index is 13.1. The predicted octanol–water partition coefficient (Wildman–Crippen LogP) is 4.49. The van der Waals surface area contributed by atoms with Gasteiger partial charge in [-0.05, 0) is 24.6 Å². The summed E-state index contributed by atoms with van der Waals surface area (Å²) in [6.07, 6.45) is 5.19. The minimum atomic E-state index is -0.956. The number of ketones is 1. The van der Waals surface area contributed by atoms with Gasteiger partial charge in [0.1, 0.15) is 6.04 Å². The number of nitrogens with zero attached hydrogens (tertiary/aromatic N) is 1. The van der Waals surface area contributed by atoms with Crippen molar-refractivity contribution in [1.29, 1.82) is 0 Å². The highest BCUT2D eigenvalue weighted by molar-refractivity contribution is 6.30. The van der Waals surface area contributed by atoms with Gasteiger partial charge in [0.15, 0.2) is 5.78 Å². The zero-order valence-corrected chi connectivity index (χ0v) is 14.9. The normalized spacial score (nSPS) is 17.5. The molecule has 5 heteroatoms. The molecular weight excluding hydrogens is 350 g/mol. The molecule has 26 heavy (non-hydrogen) atoms. The Morgan fingerprint density at radius 1 is 1.08 bits per heavy atom. The lowest BCUT2D eigenvalue weighted by atomic mass is 9.85. The van der Waals surface area contributed by atoms with Crippen LogP contribution in [-0.4, -0.2) is 27.8 Å². The van der Waals surface area contributed by atoms with E-state index >= 15 is 0 Å². The number of allylic oxidation sites excluding steroid dienone is 2. The van der Waals surface area contributed by atoms with Gasteiger partial charge in [0.2, 0.25) is 0 Å². The Hall–Kier alpha value is -2.85. The maximum Gasteiger partial charge on any atom is 0.326 e. The summed E-state index contributed by atoms with van der Waals surface area (Å²) >= 11 is 5.97. The first kappa shape index (κ1) is 18.0. The number of aliphatic carboxylic acids is 1. The van der Waals surface area contributed by atoms with Crippen molar-refractivity contribution in [2.75, 3.05) is 0 Å². The van der Waals surface area contributed by atoms with Crippen LogP contribution in [0, 0.1) is 0 Å². The number of carbonyl (C=O) groups excluding carboxylic acids is 1. The molecule has 0 spiro atoms. The first-order valence-corrected chi connectivity index (χ1v) is 8.60. The molecule has 0 saturated carbocycles. The number of carboxylic acid groups (broad SMARTS) is 1. The molecule has 1 aliphatic rings. The fourth-order valence-electron chi connectivity index (χ4n) is 2.86. The molecule has 0 aliphatic carbocycles. The maximum absolute atomic E-state index is 13.1. The fraction of sp³-hybridized carbons (Fsp3) is 0.143. The topological polar surface area (TPSA) is 57.6 Å². The smallest absolute Gasteiger partial charge is 0.326 e. The van der Waals surface area contributed by atoms with E-state index in [1.54, 1.807) is 60.6 Å². The van der Waals surface area contributed by atoms with E-state index in [1.807, 2.05) is 24.3 Å². The standard InChI is InChI=1S/C21H18ClNO3/c1-14(21(25)26)23-12-11-18(15-7-9-17(22)10-8-15)19(13-23)20(24)16-5-3-2-4-6-16/h2-14,18H,1H3,(H,25,26). The van der Waals surface area contributed by atoms with Gasteiger partial charge in [-0.1, -0.05) is 60.1 Å². The summed E-state index contributed by atoms with van der Waals surface area (Å²) in [7, 11) is 0. The van der Waals surface area contributed by atoms with Gasteiger partial charge in [-0.15, -0.1) is 0 Å². The molecule has 0 fully saturated rings. The summed E-state index contributed by atoms with van der Waals surface area (Å²) in [6, 6.07) is 15.5. The number of rotatable bonds is 5. The van der Waals surface area contributed by atoms with Crippen LogP contribution in [0.3, 0.4) is 0 Å². The second-order valence-corrected chi connectivity index (χ2v) is 6.55. The summed E-state index contributed by atoms with van der Waals surface area (Å²) in [6.45, 7) is 1.58. The molecule has 2 aromatic carbocycles. The molecule has 2 atom stereocenters. The number of carbonyl (C=O) groups is 2. The van der Waals surface area contributed by atoms with Gasteiger partial charge in [0, 0.05) is 34.5 Å². The van der Waals surface area contributed by atoms with Crippen molar-refractivity contribution in [3.8, 4) is 0 Å². The first-order chi connectivity index (χ1) is 12.5. The highest BCUT2D eigenvalue weighted by Gasteiger charge is 2.28. The third kappa shape index (κ3) is 3.70. The summed E-state index contributed by atoms with van der Waals surface area (Å²) in [5.74, 6) is -1.35. The molecular formula is C21H18ClNO3. The van der Waals surface area contributed by atoms with Crippen molar-refractivity contribution in [2.45, 2.75) is 18.9 Å². The summed E-state index contributed by atoms with van der Waals surface area (Å²) in [5, 5.41) is 9.91. The molecule has 4 nitrogen and oxygen atoms in total. The molecule has 1 aliphatic heterocycles. The average Bonchev–Trinajstić information content (AvgIpc) is 2.67. The summed E-state index contributed by atoms with van der Waals surface area (Å²) in [4.78, 5) is 26.0. The molecule has 132 valence electrons. The number of halogens is 1. The van der Waals surface area contributed by atoms with Crippen molar-refractivity contribution in [3.05, 3.63) is 94.8 Å². The van der Waals surface area contributed by atoms with Crippen molar-refractivity contribution < 1.29 is 14.7 Å². The third-order valence-electron chi connectivity index (χ3n) is 4.41. The lowest BCUT2D eigenvalue weighted by Crippen LogP contribution is -2.34. The monoisotopic (exact) mass is 367 g/mol. The Balaban J connectivity index is 2.02. The van der Waals surface area contributed by atoms with E-state index in [1.165, 1.54) is 0 Å². The molecule has 2 unspecified atom stereocenters. The Kier molecular flexibility index (Phi) is 5.24. The van der Waals surface area contributed by atoms with E-state index in [2.05, 4.69) is 0 Å². The van der Waals surface area contributed by atoms with Gasteiger partial charge in [0.05, 0.1) is 0 Å². The predicted molar refractivity (Wildman–Crippen MR) is 101 cm³/mol. The Morgan fingerprint density at radius 3 is 2.35 bits per heavy atom. The second-order valence-electron chi connectivity index (χ2n) is 6.11. The van der Waals surface area contributed by atoms with Crippen LogP contribution in [-0.2, 0) is 4.79 Å². The average molecular weight is 368 g/mol. The lowest BCUT2D eigenvalue weighted by Gasteiger charge is -2.29. The highest BCUT2D eigenvalue weighted by Crippen LogP contribution is 2.33.